The number of H-pyrrole nitrogens is 1. The van der Waals surface area contributed by atoms with Crippen LogP contribution in [0.2, 0.25) is 4.34 Å². The van der Waals surface area contributed by atoms with E-state index in [9.17, 15) is 0 Å². The summed E-state index contributed by atoms with van der Waals surface area (Å²) in [7, 11) is 0. The quantitative estimate of drug-likeness (QED) is 0.725. The highest BCUT2D eigenvalue weighted by Gasteiger charge is 2.13. The van der Waals surface area contributed by atoms with Crippen LogP contribution in [-0.4, -0.2) is 10.2 Å². The lowest BCUT2D eigenvalue weighted by atomic mass is 10.2. The van der Waals surface area contributed by atoms with Gasteiger partial charge in [-0.2, -0.15) is 5.10 Å². The predicted molar refractivity (Wildman–Crippen MR) is 85.6 cm³/mol. The predicted octanol–water partition coefficient (Wildman–Crippen LogP) is 4.54. The minimum atomic E-state index is 0.239. The summed E-state index contributed by atoms with van der Waals surface area (Å²) in [5.74, 6) is 1.70. The molecule has 0 aliphatic heterocycles. The molecule has 0 aliphatic carbocycles. The standard InChI is InChI=1S/C15H16ClN3OS/c1-9-3-4-12(20-9)15-11(8-18-19-15)7-17-10(2)13-5-6-14(16)21-13/h3-6,8,10,17H,7H2,1-2H3,(H,18,19). The summed E-state index contributed by atoms with van der Waals surface area (Å²) in [5.41, 5.74) is 2.01. The second-order valence-electron chi connectivity index (χ2n) is 4.93. The summed E-state index contributed by atoms with van der Waals surface area (Å²) in [6, 6.07) is 8.12. The normalized spacial score (nSPS) is 12.7. The van der Waals surface area contributed by atoms with Gasteiger partial charge in [-0.25, -0.2) is 0 Å². The molecular weight excluding hydrogens is 306 g/mol. The minimum absolute atomic E-state index is 0.239. The summed E-state index contributed by atoms with van der Waals surface area (Å²) < 4.78 is 6.46. The molecule has 0 radical (unpaired) electrons. The van der Waals surface area contributed by atoms with E-state index in [1.807, 2.05) is 31.3 Å². The zero-order chi connectivity index (χ0) is 14.8. The third-order valence-corrected chi connectivity index (χ3v) is 4.74. The van der Waals surface area contributed by atoms with Gasteiger partial charge >= 0.3 is 0 Å². The monoisotopic (exact) mass is 321 g/mol. The lowest BCUT2D eigenvalue weighted by Gasteiger charge is -2.11. The number of aromatic amines is 1. The Kier molecular flexibility index (Phi) is 4.14. The largest absolute Gasteiger partial charge is 0.460 e. The van der Waals surface area contributed by atoms with Crippen molar-refractivity contribution in [3.63, 3.8) is 0 Å². The van der Waals surface area contributed by atoms with E-state index >= 15 is 0 Å². The molecule has 2 N–H and O–H groups in total. The Morgan fingerprint density at radius 2 is 2.24 bits per heavy atom. The van der Waals surface area contributed by atoms with E-state index in [0.717, 1.165) is 27.1 Å². The molecule has 0 saturated heterocycles. The maximum Gasteiger partial charge on any atom is 0.152 e. The van der Waals surface area contributed by atoms with Gasteiger partial charge in [0.15, 0.2) is 5.76 Å². The third kappa shape index (κ3) is 3.20. The molecule has 110 valence electrons. The first-order valence-electron chi connectivity index (χ1n) is 6.71. The lowest BCUT2D eigenvalue weighted by molar-refractivity contribution is 0.543. The number of furan rings is 1. The number of aryl methyl sites for hydroxylation is 1. The minimum Gasteiger partial charge on any atom is -0.460 e. The fraction of sp³-hybridized carbons (Fsp3) is 0.267. The van der Waals surface area contributed by atoms with E-state index in [1.54, 1.807) is 11.3 Å². The van der Waals surface area contributed by atoms with Crippen molar-refractivity contribution in [3.05, 3.63) is 51.0 Å². The molecule has 3 rings (SSSR count). The molecule has 6 heteroatoms. The molecule has 0 spiro atoms. The number of rotatable bonds is 5. The zero-order valence-corrected chi connectivity index (χ0v) is 13.4. The fourth-order valence-electron chi connectivity index (χ4n) is 2.15. The van der Waals surface area contributed by atoms with Crippen LogP contribution in [-0.2, 0) is 6.54 Å². The molecule has 3 aromatic heterocycles. The molecule has 0 aromatic carbocycles. The van der Waals surface area contributed by atoms with E-state index in [-0.39, 0.29) is 6.04 Å². The van der Waals surface area contributed by atoms with Crippen molar-refractivity contribution in [3.8, 4) is 11.5 Å². The number of hydrogen-bond acceptors (Lipinski definition) is 4. The van der Waals surface area contributed by atoms with Gasteiger partial charge in [0.05, 0.1) is 10.5 Å². The Morgan fingerprint density at radius 1 is 1.38 bits per heavy atom. The van der Waals surface area contributed by atoms with Gasteiger partial charge < -0.3 is 9.73 Å². The number of hydrogen-bond donors (Lipinski definition) is 2. The van der Waals surface area contributed by atoms with Crippen molar-refractivity contribution in [1.29, 1.82) is 0 Å². The number of thiophene rings is 1. The van der Waals surface area contributed by atoms with Crippen molar-refractivity contribution in [2.45, 2.75) is 26.4 Å². The van der Waals surface area contributed by atoms with Crippen molar-refractivity contribution in [2.24, 2.45) is 0 Å². The van der Waals surface area contributed by atoms with Crippen LogP contribution in [0, 0.1) is 6.92 Å². The van der Waals surface area contributed by atoms with Crippen LogP contribution in [0.1, 0.15) is 29.2 Å². The van der Waals surface area contributed by atoms with Crippen molar-refractivity contribution in [1.82, 2.24) is 15.5 Å². The van der Waals surface area contributed by atoms with E-state index in [2.05, 4.69) is 28.5 Å². The molecule has 4 nitrogen and oxygen atoms in total. The Bertz CT molecular complexity index is 731. The molecule has 0 aliphatic rings. The highest BCUT2D eigenvalue weighted by Crippen LogP contribution is 2.28. The van der Waals surface area contributed by atoms with E-state index < -0.39 is 0 Å². The topological polar surface area (TPSA) is 53.9 Å². The molecule has 0 fully saturated rings. The first kappa shape index (κ1) is 14.4. The molecule has 3 aromatic rings. The van der Waals surface area contributed by atoms with Crippen LogP contribution < -0.4 is 5.32 Å². The molecule has 1 unspecified atom stereocenters. The molecular formula is C15H16ClN3OS. The zero-order valence-electron chi connectivity index (χ0n) is 11.8. The Morgan fingerprint density at radius 3 is 2.90 bits per heavy atom. The van der Waals surface area contributed by atoms with Gasteiger partial charge in [-0.15, -0.1) is 11.3 Å². The Labute approximate surface area is 132 Å². The lowest BCUT2D eigenvalue weighted by Crippen LogP contribution is -2.17. The summed E-state index contributed by atoms with van der Waals surface area (Å²) in [6.07, 6.45) is 1.83. The molecule has 3 heterocycles. The number of aromatic nitrogens is 2. The van der Waals surface area contributed by atoms with Gasteiger partial charge in [-0.05, 0) is 38.1 Å². The Hall–Kier alpha value is -1.56. The first-order chi connectivity index (χ1) is 10.1. The number of nitrogens with one attached hydrogen (secondary N) is 2. The van der Waals surface area contributed by atoms with Gasteiger partial charge in [-0.1, -0.05) is 11.6 Å². The van der Waals surface area contributed by atoms with Crippen LogP contribution in [0.5, 0.6) is 0 Å². The summed E-state index contributed by atoms with van der Waals surface area (Å²) in [5, 5.41) is 10.6. The van der Waals surface area contributed by atoms with Gasteiger partial charge in [0.2, 0.25) is 0 Å². The number of nitrogens with zero attached hydrogens (tertiary/aromatic N) is 1. The summed E-state index contributed by atoms with van der Waals surface area (Å²) in [6.45, 7) is 4.77. The fourth-order valence-corrected chi connectivity index (χ4v) is 3.24. The second kappa shape index (κ2) is 6.05. The van der Waals surface area contributed by atoms with Crippen molar-refractivity contribution >= 4 is 22.9 Å². The first-order valence-corrected chi connectivity index (χ1v) is 7.90. The van der Waals surface area contributed by atoms with E-state index in [4.69, 9.17) is 16.0 Å². The summed E-state index contributed by atoms with van der Waals surface area (Å²) >= 11 is 7.57. The molecule has 1 atom stereocenters. The molecule has 0 saturated carbocycles. The van der Waals surface area contributed by atoms with Gasteiger partial charge in [0.25, 0.3) is 0 Å². The SMILES string of the molecule is Cc1ccc(-c2[nH]ncc2CNC(C)c2ccc(Cl)s2)o1. The highest BCUT2D eigenvalue weighted by molar-refractivity contribution is 7.16. The van der Waals surface area contributed by atoms with Crippen molar-refractivity contribution < 1.29 is 4.42 Å². The van der Waals surface area contributed by atoms with Gasteiger partial charge in [0, 0.05) is 23.0 Å². The van der Waals surface area contributed by atoms with Crippen LogP contribution in [0.4, 0.5) is 0 Å². The van der Waals surface area contributed by atoms with E-state index in [0.29, 0.717) is 6.54 Å². The van der Waals surface area contributed by atoms with Crippen LogP contribution >= 0.6 is 22.9 Å². The second-order valence-corrected chi connectivity index (χ2v) is 6.67. The van der Waals surface area contributed by atoms with Crippen molar-refractivity contribution in [2.75, 3.05) is 0 Å². The third-order valence-electron chi connectivity index (χ3n) is 3.32. The smallest absolute Gasteiger partial charge is 0.152 e. The number of halogens is 1. The molecule has 0 bridgehead atoms. The van der Waals surface area contributed by atoms with E-state index in [1.165, 1.54) is 4.88 Å². The molecule has 0 amide bonds. The van der Waals surface area contributed by atoms with Crippen LogP contribution in [0.15, 0.2) is 34.9 Å². The highest BCUT2D eigenvalue weighted by atomic mass is 35.5. The van der Waals surface area contributed by atoms with Crippen LogP contribution in [0.3, 0.4) is 0 Å². The average molecular weight is 322 g/mol. The summed E-state index contributed by atoms with van der Waals surface area (Å²) in [4.78, 5) is 1.22. The average Bonchev–Trinajstić information content (AvgIpc) is 3.16. The maximum atomic E-state index is 5.98. The van der Waals surface area contributed by atoms with Gasteiger partial charge in [-0.3, -0.25) is 5.10 Å². The van der Waals surface area contributed by atoms with Crippen LogP contribution in [0.25, 0.3) is 11.5 Å². The van der Waals surface area contributed by atoms with Gasteiger partial charge in [0.1, 0.15) is 11.5 Å². The molecule has 21 heavy (non-hydrogen) atoms. The maximum absolute atomic E-state index is 5.98. The Balaban J connectivity index is 1.70.